The highest BCUT2D eigenvalue weighted by molar-refractivity contribution is 5.76. The Morgan fingerprint density at radius 3 is 1.82 bits per heavy atom. The molecule has 1 heterocycles. The van der Waals surface area contributed by atoms with Crippen LogP contribution in [0.2, 0.25) is 0 Å². The smallest absolute Gasteiger partial charge is 0.320 e. The third-order valence-corrected chi connectivity index (χ3v) is 4.01. The number of carbonyl (C=O) groups excluding carboxylic acids is 1. The van der Waals surface area contributed by atoms with Gasteiger partial charge in [-0.15, -0.1) is 0 Å². The molecule has 1 rings (SSSR count). The zero-order valence-electron chi connectivity index (χ0n) is 12.3. The minimum atomic E-state index is -0.0264. The van der Waals surface area contributed by atoms with Crippen LogP contribution in [-0.2, 0) is 0 Å². The minimum absolute atomic E-state index is 0.0264. The van der Waals surface area contributed by atoms with Crippen molar-refractivity contribution < 1.29 is 4.79 Å². The number of nitrogens with zero attached hydrogens (tertiary/aromatic N) is 2. The molecular formula is C14H28N2O. The predicted octanol–water partition coefficient (Wildman–Crippen LogP) is 3.49. The quantitative estimate of drug-likeness (QED) is 0.724. The van der Waals surface area contributed by atoms with E-state index in [0.29, 0.717) is 0 Å². The molecule has 0 aromatic carbocycles. The molecule has 1 fully saturated rings. The zero-order valence-corrected chi connectivity index (χ0v) is 12.3. The van der Waals surface area contributed by atoms with Crippen molar-refractivity contribution in [3.05, 3.63) is 0 Å². The largest absolute Gasteiger partial charge is 0.325 e. The van der Waals surface area contributed by atoms with Crippen molar-refractivity contribution >= 4 is 6.03 Å². The highest BCUT2D eigenvalue weighted by Gasteiger charge is 2.45. The highest BCUT2D eigenvalue weighted by atomic mass is 16.2. The average molecular weight is 240 g/mol. The molecule has 0 radical (unpaired) electrons. The van der Waals surface area contributed by atoms with Crippen molar-refractivity contribution in [3.63, 3.8) is 0 Å². The predicted molar refractivity (Wildman–Crippen MR) is 72.2 cm³/mol. The van der Waals surface area contributed by atoms with Crippen molar-refractivity contribution in [3.8, 4) is 0 Å². The van der Waals surface area contributed by atoms with Crippen molar-refractivity contribution in [1.29, 1.82) is 0 Å². The van der Waals surface area contributed by atoms with E-state index in [-0.39, 0.29) is 17.1 Å². The molecule has 100 valence electrons. The zero-order chi connectivity index (χ0) is 13.3. The Morgan fingerprint density at radius 2 is 1.47 bits per heavy atom. The maximum Gasteiger partial charge on any atom is 0.320 e. The van der Waals surface area contributed by atoms with Gasteiger partial charge in [0.1, 0.15) is 0 Å². The molecule has 3 nitrogen and oxygen atoms in total. The number of hydrogen-bond acceptors (Lipinski definition) is 1. The van der Waals surface area contributed by atoms with Crippen LogP contribution in [-0.4, -0.2) is 40.0 Å². The molecule has 3 heteroatoms. The van der Waals surface area contributed by atoms with Crippen LogP contribution in [0.1, 0.15) is 60.8 Å². The summed E-state index contributed by atoms with van der Waals surface area (Å²) in [6.07, 6.45) is 3.41. The Labute approximate surface area is 106 Å². The molecule has 1 aliphatic rings. The van der Waals surface area contributed by atoms with Gasteiger partial charge in [-0.3, -0.25) is 0 Å². The lowest BCUT2D eigenvalue weighted by molar-refractivity contribution is -0.00249. The van der Waals surface area contributed by atoms with Crippen molar-refractivity contribution in [2.24, 2.45) is 0 Å². The standard InChI is InChI=1S/C14H28N2O/c1-7-15(8-2)12(17)16-13(3,4)10-9-11-14(16,5)6/h7-11H2,1-6H3. The molecule has 0 saturated carbocycles. The molecule has 0 bridgehead atoms. The van der Waals surface area contributed by atoms with Crippen LogP contribution in [0.4, 0.5) is 4.79 Å². The topological polar surface area (TPSA) is 23.6 Å². The average Bonchev–Trinajstić information content (AvgIpc) is 2.16. The van der Waals surface area contributed by atoms with E-state index in [1.54, 1.807) is 0 Å². The van der Waals surface area contributed by atoms with Crippen LogP contribution >= 0.6 is 0 Å². The molecule has 0 atom stereocenters. The Kier molecular flexibility index (Phi) is 4.11. The number of piperidine rings is 1. The second-order valence-electron chi connectivity index (χ2n) is 6.27. The van der Waals surface area contributed by atoms with Gasteiger partial charge >= 0.3 is 6.03 Å². The monoisotopic (exact) mass is 240 g/mol. The fraction of sp³-hybridized carbons (Fsp3) is 0.929. The van der Waals surface area contributed by atoms with Gasteiger partial charge < -0.3 is 9.80 Å². The van der Waals surface area contributed by atoms with Gasteiger partial charge in [-0.05, 0) is 60.8 Å². The molecule has 0 aromatic rings. The summed E-state index contributed by atoms with van der Waals surface area (Å²) < 4.78 is 0. The lowest BCUT2D eigenvalue weighted by Crippen LogP contribution is -2.63. The van der Waals surface area contributed by atoms with Crippen LogP contribution in [0.25, 0.3) is 0 Å². The molecule has 0 spiro atoms. The number of amides is 2. The Balaban J connectivity index is 3.00. The second kappa shape index (κ2) is 4.87. The molecule has 17 heavy (non-hydrogen) atoms. The molecular weight excluding hydrogens is 212 g/mol. The first-order valence-electron chi connectivity index (χ1n) is 6.85. The van der Waals surface area contributed by atoms with E-state index in [9.17, 15) is 4.79 Å². The number of carbonyl (C=O) groups is 1. The molecule has 1 aliphatic heterocycles. The van der Waals surface area contributed by atoms with E-state index in [2.05, 4.69) is 32.6 Å². The van der Waals surface area contributed by atoms with E-state index < -0.39 is 0 Å². The molecule has 0 unspecified atom stereocenters. The SMILES string of the molecule is CCN(CC)C(=O)N1C(C)(C)CCCC1(C)C. The lowest BCUT2D eigenvalue weighted by atomic mass is 9.80. The van der Waals surface area contributed by atoms with E-state index in [1.807, 2.05) is 18.7 Å². The number of rotatable bonds is 2. The molecule has 0 aliphatic carbocycles. The van der Waals surface area contributed by atoms with Gasteiger partial charge in [-0.25, -0.2) is 4.79 Å². The van der Waals surface area contributed by atoms with E-state index in [1.165, 1.54) is 6.42 Å². The van der Waals surface area contributed by atoms with E-state index in [4.69, 9.17) is 0 Å². The first kappa shape index (κ1) is 14.3. The van der Waals surface area contributed by atoms with Crippen molar-refractivity contribution in [1.82, 2.24) is 9.80 Å². The van der Waals surface area contributed by atoms with Gasteiger partial charge in [0.15, 0.2) is 0 Å². The van der Waals surface area contributed by atoms with Crippen molar-refractivity contribution in [2.45, 2.75) is 71.9 Å². The van der Waals surface area contributed by atoms with Crippen LogP contribution in [0, 0.1) is 0 Å². The van der Waals surface area contributed by atoms with Gasteiger partial charge in [0, 0.05) is 24.2 Å². The van der Waals surface area contributed by atoms with Gasteiger partial charge in [-0.1, -0.05) is 0 Å². The van der Waals surface area contributed by atoms with Gasteiger partial charge in [-0.2, -0.15) is 0 Å². The third-order valence-electron chi connectivity index (χ3n) is 4.01. The normalized spacial score (nSPS) is 22.4. The van der Waals surface area contributed by atoms with Crippen LogP contribution in [0.5, 0.6) is 0 Å². The van der Waals surface area contributed by atoms with Crippen LogP contribution in [0.15, 0.2) is 0 Å². The summed E-state index contributed by atoms with van der Waals surface area (Å²) in [5.74, 6) is 0. The second-order valence-corrected chi connectivity index (χ2v) is 6.27. The maximum absolute atomic E-state index is 12.6. The Morgan fingerprint density at radius 1 is 1.06 bits per heavy atom. The van der Waals surface area contributed by atoms with Gasteiger partial charge in [0.25, 0.3) is 0 Å². The fourth-order valence-electron chi connectivity index (χ4n) is 3.15. The summed E-state index contributed by atoms with van der Waals surface area (Å²) in [4.78, 5) is 16.7. The van der Waals surface area contributed by atoms with E-state index in [0.717, 1.165) is 25.9 Å². The summed E-state index contributed by atoms with van der Waals surface area (Å²) >= 11 is 0. The number of urea groups is 1. The molecule has 1 saturated heterocycles. The Hall–Kier alpha value is -0.730. The Bertz CT molecular complexity index is 264. The lowest BCUT2D eigenvalue weighted by Gasteiger charge is -2.53. The van der Waals surface area contributed by atoms with Crippen LogP contribution < -0.4 is 0 Å². The van der Waals surface area contributed by atoms with Gasteiger partial charge in [0.2, 0.25) is 0 Å². The number of likely N-dealkylation sites (tertiary alicyclic amines) is 1. The van der Waals surface area contributed by atoms with Crippen molar-refractivity contribution in [2.75, 3.05) is 13.1 Å². The third kappa shape index (κ3) is 2.75. The summed E-state index contributed by atoms with van der Waals surface area (Å²) in [5, 5.41) is 0. The molecule has 0 N–H and O–H groups in total. The summed E-state index contributed by atoms with van der Waals surface area (Å²) in [6.45, 7) is 14.4. The van der Waals surface area contributed by atoms with E-state index >= 15 is 0 Å². The summed E-state index contributed by atoms with van der Waals surface area (Å²) in [5.41, 5.74) is -0.0527. The number of hydrogen-bond donors (Lipinski definition) is 0. The first-order valence-corrected chi connectivity index (χ1v) is 6.85. The molecule has 2 amide bonds. The fourth-order valence-corrected chi connectivity index (χ4v) is 3.15. The first-order chi connectivity index (χ1) is 7.76. The highest BCUT2D eigenvalue weighted by Crippen LogP contribution is 2.38. The maximum atomic E-state index is 12.6. The molecule has 0 aromatic heterocycles. The minimum Gasteiger partial charge on any atom is -0.325 e. The summed E-state index contributed by atoms with van der Waals surface area (Å²) in [6, 6.07) is 0.199. The van der Waals surface area contributed by atoms with Gasteiger partial charge in [0.05, 0.1) is 0 Å². The van der Waals surface area contributed by atoms with Crippen LogP contribution in [0.3, 0.4) is 0 Å². The summed E-state index contributed by atoms with van der Waals surface area (Å²) in [7, 11) is 0.